The second kappa shape index (κ2) is 10.6. The van der Waals surface area contributed by atoms with Gasteiger partial charge in [-0.15, -0.1) is 0 Å². The maximum Gasteiger partial charge on any atom is 0.338 e. The normalized spacial score (nSPS) is 10.3. The van der Waals surface area contributed by atoms with Gasteiger partial charge < -0.3 is 19.5 Å². The van der Waals surface area contributed by atoms with Crippen LogP contribution in [0.5, 0.6) is 11.5 Å². The Hall–Kier alpha value is -2.73. The second-order valence-electron chi connectivity index (χ2n) is 6.15. The number of hydrogen-bond donors (Lipinski definition) is 1. The van der Waals surface area contributed by atoms with Crippen LogP contribution in [-0.4, -0.2) is 32.2 Å². The third-order valence-electron chi connectivity index (χ3n) is 3.95. The quantitative estimate of drug-likeness (QED) is 0.486. The highest BCUT2D eigenvalue weighted by Gasteiger charge is 2.13. The molecule has 6 nitrogen and oxygen atoms in total. The van der Waals surface area contributed by atoms with Gasteiger partial charge in [0.15, 0.2) is 6.61 Å². The molecule has 150 valence electrons. The molecule has 1 amide bonds. The fraction of sp³-hybridized carbons (Fsp3) is 0.333. The van der Waals surface area contributed by atoms with Gasteiger partial charge >= 0.3 is 5.97 Å². The Morgan fingerprint density at radius 3 is 2.50 bits per heavy atom. The molecule has 0 aliphatic heterocycles. The Bertz CT molecular complexity index is 820. The summed E-state index contributed by atoms with van der Waals surface area (Å²) in [5.74, 6) is 0.0456. The standard InChI is InChI=1S/C21H24ClNO5/c1-4-5-10-27-16-8-6-15(7-9-16)21(25)28-13-20(24)23-18-11-14(2)17(22)12-19(18)26-3/h6-9,11-12H,4-5,10,13H2,1-3H3,(H,23,24). The summed E-state index contributed by atoms with van der Waals surface area (Å²) in [6.07, 6.45) is 2.02. The molecule has 28 heavy (non-hydrogen) atoms. The third-order valence-corrected chi connectivity index (χ3v) is 4.35. The van der Waals surface area contributed by atoms with Gasteiger partial charge in [-0.2, -0.15) is 0 Å². The smallest absolute Gasteiger partial charge is 0.338 e. The zero-order valence-electron chi connectivity index (χ0n) is 16.2. The molecule has 0 bridgehead atoms. The molecule has 2 rings (SSSR count). The maximum atomic E-state index is 12.1. The first kappa shape index (κ1) is 21.6. The van der Waals surface area contributed by atoms with Crippen LogP contribution >= 0.6 is 11.6 Å². The summed E-state index contributed by atoms with van der Waals surface area (Å²) in [5, 5.41) is 3.19. The SMILES string of the molecule is CCCCOc1ccc(C(=O)OCC(=O)Nc2cc(C)c(Cl)cc2OC)cc1. The average molecular weight is 406 g/mol. The number of ether oxygens (including phenoxy) is 3. The summed E-state index contributed by atoms with van der Waals surface area (Å²) in [5.41, 5.74) is 1.59. The van der Waals surface area contributed by atoms with Crippen molar-refractivity contribution in [2.24, 2.45) is 0 Å². The van der Waals surface area contributed by atoms with Crippen molar-refractivity contribution in [3.63, 3.8) is 0 Å². The van der Waals surface area contributed by atoms with Gasteiger partial charge in [0.25, 0.3) is 5.91 Å². The molecule has 0 saturated heterocycles. The van der Waals surface area contributed by atoms with E-state index in [4.69, 9.17) is 25.8 Å². The van der Waals surface area contributed by atoms with Crippen molar-refractivity contribution in [2.45, 2.75) is 26.7 Å². The molecule has 0 fully saturated rings. The van der Waals surface area contributed by atoms with E-state index in [0.29, 0.717) is 34.4 Å². The molecular weight excluding hydrogens is 382 g/mol. The molecule has 0 radical (unpaired) electrons. The number of hydrogen-bond acceptors (Lipinski definition) is 5. The van der Waals surface area contributed by atoms with E-state index < -0.39 is 18.5 Å². The average Bonchev–Trinajstić information content (AvgIpc) is 2.69. The molecular formula is C21H24ClNO5. The fourth-order valence-electron chi connectivity index (χ4n) is 2.35. The lowest BCUT2D eigenvalue weighted by Gasteiger charge is -2.12. The van der Waals surface area contributed by atoms with E-state index in [2.05, 4.69) is 12.2 Å². The van der Waals surface area contributed by atoms with E-state index in [-0.39, 0.29) is 0 Å². The molecule has 2 aromatic carbocycles. The van der Waals surface area contributed by atoms with Gasteiger partial charge in [0.05, 0.1) is 25.0 Å². The summed E-state index contributed by atoms with van der Waals surface area (Å²) < 4.78 is 15.8. The Morgan fingerprint density at radius 1 is 1.14 bits per heavy atom. The topological polar surface area (TPSA) is 73.9 Å². The molecule has 0 heterocycles. The van der Waals surface area contributed by atoms with Crippen LogP contribution in [0.4, 0.5) is 5.69 Å². The highest BCUT2D eigenvalue weighted by atomic mass is 35.5. The van der Waals surface area contributed by atoms with E-state index in [1.165, 1.54) is 7.11 Å². The van der Waals surface area contributed by atoms with Crippen LogP contribution < -0.4 is 14.8 Å². The molecule has 0 unspecified atom stereocenters. The summed E-state index contributed by atoms with van der Waals surface area (Å²) in [6.45, 7) is 4.11. The molecule has 2 aromatic rings. The lowest BCUT2D eigenvalue weighted by molar-refractivity contribution is -0.119. The molecule has 0 atom stereocenters. The lowest BCUT2D eigenvalue weighted by Crippen LogP contribution is -2.21. The first-order valence-electron chi connectivity index (χ1n) is 8.98. The van der Waals surface area contributed by atoms with Crippen molar-refractivity contribution in [1.29, 1.82) is 0 Å². The minimum atomic E-state index is -0.588. The number of amides is 1. The maximum absolute atomic E-state index is 12.1. The van der Waals surface area contributed by atoms with Crippen molar-refractivity contribution in [3.05, 3.63) is 52.5 Å². The van der Waals surface area contributed by atoms with Crippen LogP contribution in [0.25, 0.3) is 0 Å². The van der Waals surface area contributed by atoms with E-state index in [1.807, 2.05) is 6.92 Å². The Balaban J connectivity index is 1.89. The third kappa shape index (κ3) is 6.16. The molecule has 0 aliphatic rings. The summed E-state index contributed by atoms with van der Waals surface area (Å²) in [7, 11) is 1.48. The van der Waals surface area contributed by atoms with Crippen molar-refractivity contribution in [3.8, 4) is 11.5 Å². The van der Waals surface area contributed by atoms with Gasteiger partial charge in [-0.3, -0.25) is 4.79 Å². The van der Waals surface area contributed by atoms with Crippen LogP contribution in [0.3, 0.4) is 0 Å². The molecule has 0 saturated carbocycles. The van der Waals surface area contributed by atoms with Crippen molar-refractivity contribution in [2.75, 3.05) is 25.6 Å². The number of aryl methyl sites for hydroxylation is 1. The zero-order chi connectivity index (χ0) is 20.5. The number of esters is 1. The van der Waals surface area contributed by atoms with Gasteiger partial charge in [0.1, 0.15) is 11.5 Å². The Labute approximate surface area is 169 Å². The van der Waals surface area contributed by atoms with E-state index in [0.717, 1.165) is 18.4 Å². The van der Waals surface area contributed by atoms with Gasteiger partial charge in [0.2, 0.25) is 0 Å². The molecule has 0 aromatic heterocycles. The number of halogens is 1. The number of nitrogens with one attached hydrogen (secondary N) is 1. The first-order valence-corrected chi connectivity index (χ1v) is 9.36. The highest BCUT2D eigenvalue weighted by Crippen LogP contribution is 2.30. The predicted octanol–water partition coefficient (Wildman–Crippen LogP) is 4.63. The number of benzene rings is 2. The van der Waals surface area contributed by atoms with Crippen molar-refractivity contribution < 1.29 is 23.8 Å². The summed E-state index contributed by atoms with van der Waals surface area (Å²) in [4.78, 5) is 24.2. The first-order chi connectivity index (χ1) is 13.4. The van der Waals surface area contributed by atoms with E-state index in [9.17, 15) is 9.59 Å². The zero-order valence-corrected chi connectivity index (χ0v) is 17.0. The van der Waals surface area contributed by atoms with Crippen LogP contribution in [0, 0.1) is 6.92 Å². The van der Waals surface area contributed by atoms with Crippen molar-refractivity contribution in [1.82, 2.24) is 0 Å². The number of methoxy groups -OCH3 is 1. The molecule has 7 heteroatoms. The van der Waals surface area contributed by atoms with E-state index in [1.54, 1.807) is 36.4 Å². The fourth-order valence-corrected chi connectivity index (χ4v) is 2.51. The van der Waals surface area contributed by atoms with Gasteiger partial charge in [-0.05, 0) is 49.2 Å². The number of carbonyl (C=O) groups is 2. The van der Waals surface area contributed by atoms with Gasteiger partial charge in [0, 0.05) is 11.1 Å². The van der Waals surface area contributed by atoms with Crippen LogP contribution in [-0.2, 0) is 9.53 Å². The minimum Gasteiger partial charge on any atom is -0.495 e. The number of carbonyl (C=O) groups excluding carboxylic acids is 2. The predicted molar refractivity (Wildman–Crippen MR) is 108 cm³/mol. The van der Waals surface area contributed by atoms with Crippen molar-refractivity contribution >= 4 is 29.2 Å². The number of anilines is 1. The van der Waals surface area contributed by atoms with Crippen LogP contribution in [0.2, 0.25) is 5.02 Å². The number of rotatable bonds is 9. The van der Waals surface area contributed by atoms with Crippen LogP contribution in [0.15, 0.2) is 36.4 Å². The number of unbranched alkanes of at least 4 members (excludes halogenated alkanes) is 1. The molecule has 1 N–H and O–H groups in total. The van der Waals surface area contributed by atoms with Gasteiger partial charge in [-0.25, -0.2) is 4.79 Å². The summed E-state index contributed by atoms with van der Waals surface area (Å²) in [6, 6.07) is 9.92. The molecule has 0 aliphatic carbocycles. The van der Waals surface area contributed by atoms with Gasteiger partial charge in [-0.1, -0.05) is 24.9 Å². The monoisotopic (exact) mass is 405 g/mol. The highest BCUT2D eigenvalue weighted by molar-refractivity contribution is 6.31. The Kier molecular flexibility index (Phi) is 8.14. The Morgan fingerprint density at radius 2 is 1.86 bits per heavy atom. The largest absolute Gasteiger partial charge is 0.495 e. The molecule has 0 spiro atoms. The second-order valence-corrected chi connectivity index (χ2v) is 6.56. The lowest BCUT2D eigenvalue weighted by atomic mass is 10.2. The summed E-state index contributed by atoms with van der Waals surface area (Å²) >= 11 is 6.05. The minimum absolute atomic E-state index is 0.343. The van der Waals surface area contributed by atoms with Crippen LogP contribution in [0.1, 0.15) is 35.7 Å². The van der Waals surface area contributed by atoms with E-state index >= 15 is 0 Å².